The summed E-state index contributed by atoms with van der Waals surface area (Å²) in [5.41, 5.74) is 2.39. The van der Waals surface area contributed by atoms with Crippen LogP contribution in [0.5, 0.6) is 0 Å². The van der Waals surface area contributed by atoms with Crippen LogP contribution in [0.15, 0.2) is 60.7 Å². The summed E-state index contributed by atoms with van der Waals surface area (Å²) < 4.78 is -0.393. The monoisotopic (exact) mass is 402 g/mol. The van der Waals surface area contributed by atoms with E-state index < -0.39 is 24.8 Å². The molecular formula is C17H17Cl3SiTi. The molecule has 0 spiro atoms. The van der Waals surface area contributed by atoms with Gasteiger partial charge in [0.25, 0.3) is 0 Å². The van der Waals surface area contributed by atoms with Gasteiger partial charge in [-0.25, -0.2) is 0 Å². The number of allylic oxidation sites excluding steroid dienone is 1. The zero-order valence-electron chi connectivity index (χ0n) is 12.5. The molecule has 0 aromatic heterocycles. The van der Waals surface area contributed by atoms with Gasteiger partial charge in [-0.15, -0.1) is 0 Å². The van der Waals surface area contributed by atoms with Crippen molar-refractivity contribution >= 4 is 47.3 Å². The van der Waals surface area contributed by atoms with Crippen molar-refractivity contribution < 1.29 is 13.4 Å². The predicted molar refractivity (Wildman–Crippen MR) is 98.3 cm³/mol. The first-order chi connectivity index (χ1) is 10.3. The van der Waals surface area contributed by atoms with Gasteiger partial charge in [0.2, 0.25) is 0 Å². The Morgan fingerprint density at radius 3 is 2.09 bits per heavy atom. The summed E-state index contributed by atoms with van der Waals surface area (Å²) in [4.78, 5) is 0. The molecule has 0 amide bonds. The molecule has 0 N–H and O–H groups in total. The van der Waals surface area contributed by atoms with Crippen LogP contribution >= 0.6 is 27.9 Å². The van der Waals surface area contributed by atoms with E-state index in [2.05, 4.69) is 67.7 Å². The molecule has 5 heteroatoms. The summed E-state index contributed by atoms with van der Waals surface area (Å²) in [6, 6.07) is 18.9. The van der Waals surface area contributed by atoms with Gasteiger partial charge in [-0.2, -0.15) is 0 Å². The number of rotatable bonds is 3. The van der Waals surface area contributed by atoms with Crippen LogP contribution in [0.3, 0.4) is 0 Å². The number of halogens is 3. The Labute approximate surface area is 148 Å². The molecule has 114 valence electrons. The van der Waals surface area contributed by atoms with Crippen molar-refractivity contribution in [2.75, 3.05) is 0 Å². The molecule has 1 aliphatic carbocycles. The fourth-order valence-corrected chi connectivity index (χ4v) is 23.2. The minimum atomic E-state index is -3.63. The van der Waals surface area contributed by atoms with Crippen LogP contribution < -0.4 is 5.19 Å². The first-order valence-corrected chi connectivity index (χ1v) is 17.4. The second-order valence-corrected chi connectivity index (χ2v) is 23.8. The maximum absolute atomic E-state index is 6.76. The van der Waals surface area contributed by atoms with Gasteiger partial charge in [0.05, 0.1) is 0 Å². The van der Waals surface area contributed by atoms with Crippen LogP contribution in [-0.4, -0.2) is 8.07 Å². The van der Waals surface area contributed by atoms with Gasteiger partial charge in [0.1, 0.15) is 0 Å². The molecule has 0 bridgehead atoms. The summed E-state index contributed by atoms with van der Waals surface area (Å²) in [6.45, 7) is 4.64. The number of benzene rings is 2. The Kier molecular flexibility index (Phi) is 4.44. The number of hydrogen-bond donors (Lipinski definition) is 0. The van der Waals surface area contributed by atoms with Crippen molar-refractivity contribution in [3.05, 3.63) is 71.8 Å². The third kappa shape index (κ3) is 2.38. The van der Waals surface area contributed by atoms with E-state index in [0.717, 1.165) is 0 Å². The Hall–Kier alpha value is -0.0188. The van der Waals surface area contributed by atoms with Gasteiger partial charge in [0, 0.05) is 0 Å². The number of fused-ring (bicyclic) bond motifs is 1. The molecule has 3 rings (SSSR count). The molecule has 22 heavy (non-hydrogen) atoms. The summed E-state index contributed by atoms with van der Waals surface area (Å²) in [7, 11) is 18.2. The van der Waals surface area contributed by atoms with Crippen molar-refractivity contribution in [3.8, 4) is 0 Å². The molecule has 1 atom stereocenters. The fraction of sp³-hybridized carbons (Fsp3) is 0.176. The third-order valence-electron chi connectivity index (χ3n) is 4.83. The van der Waals surface area contributed by atoms with Crippen LogP contribution in [-0.2, 0) is 16.7 Å². The number of hydrogen-bond acceptors (Lipinski definition) is 0. The average molecular weight is 404 g/mol. The Morgan fingerprint density at radius 1 is 0.864 bits per heavy atom. The van der Waals surface area contributed by atoms with Crippen LogP contribution in [0, 0.1) is 0 Å². The van der Waals surface area contributed by atoms with E-state index in [-0.39, 0.29) is 0 Å². The van der Waals surface area contributed by atoms with E-state index in [1.54, 1.807) is 0 Å². The zero-order chi connectivity index (χ0) is 16.0. The Bertz CT molecular complexity index is 722. The standard InChI is InChI=1S/C17H17Si.3ClH.Ti/c1-18(2,15-9-4-3-5-10-15)17-13-12-14-8-6-7-11-16(14)17;;;;/h3-13H,1-2H3;3*1H;/q;;;;+3/p-3. The van der Waals surface area contributed by atoms with Crippen LogP contribution in [0.2, 0.25) is 13.1 Å². The van der Waals surface area contributed by atoms with E-state index >= 15 is 0 Å². The van der Waals surface area contributed by atoms with Gasteiger partial charge in [-0.3, -0.25) is 0 Å². The molecule has 2 aromatic carbocycles. The quantitative estimate of drug-likeness (QED) is 0.579. The second kappa shape index (κ2) is 5.81. The summed E-state index contributed by atoms with van der Waals surface area (Å²) in [5, 5.41) is 1.33. The minimum absolute atomic E-state index is 0.393. The van der Waals surface area contributed by atoms with Gasteiger partial charge in [-0.05, 0) is 0 Å². The molecule has 0 saturated heterocycles. The summed E-state index contributed by atoms with van der Waals surface area (Å²) in [6.07, 6.45) is 4.34. The fourth-order valence-electron chi connectivity index (χ4n) is 3.54. The molecule has 0 radical (unpaired) electrons. The van der Waals surface area contributed by atoms with Crippen molar-refractivity contribution in [2.45, 2.75) is 16.4 Å². The van der Waals surface area contributed by atoms with E-state index in [9.17, 15) is 0 Å². The molecular weight excluding hydrogens is 386 g/mol. The molecule has 1 aliphatic rings. The molecule has 0 saturated carbocycles. The van der Waals surface area contributed by atoms with Crippen molar-refractivity contribution in [1.29, 1.82) is 0 Å². The van der Waals surface area contributed by atoms with Gasteiger partial charge in [-0.1, -0.05) is 0 Å². The first-order valence-electron chi connectivity index (χ1n) is 7.22. The van der Waals surface area contributed by atoms with Gasteiger partial charge < -0.3 is 0 Å². The first kappa shape index (κ1) is 16.8. The third-order valence-corrected chi connectivity index (χ3v) is 21.2. The van der Waals surface area contributed by atoms with Crippen molar-refractivity contribution in [1.82, 2.24) is 0 Å². The molecule has 0 nitrogen and oxygen atoms in total. The van der Waals surface area contributed by atoms with E-state index in [0.29, 0.717) is 0 Å². The molecule has 2 aromatic rings. The molecule has 0 fully saturated rings. The molecule has 1 unspecified atom stereocenters. The second-order valence-electron chi connectivity index (χ2n) is 6.22. The average Bonchev–Trinajstić information content (AvgIpc) is 2.89. The van der Waals surface area contributed by atoms with Crippen LogP contribution in [0.4, 0.5) is 0 Å². The maximum atomic E-state index is 6.76. The topological polar surface area (TPSA) is 0 Å². The normalized spacial score (nSPS) is 21.0. The molecule has 0 aliphatic heterocycles. The SMILES string of the molecule is C[Si](C)(c1ccccc1)[C]1([Ti]([Cl])([Cl])[Cl])C=Cc2ccccc21. The Balaban J connectivity index is 2.29. The van der Waals surface area contributed by atoms with Crippen LogP contribution in [0.1, 0.15) is 11.1 Å². The Morgan fingerprint density at radius 2 is 1.45 bits per heavy atom. The van der Waals surface area contributed by atoms with E-state index in [1.165, 1.54) is 16.3 Å². The van der Waals surface area contributed by atoms with Crippen molar-refractivity contribution in [3.63, 3.8) is 0 Å². The molecule has 0 heterocycles. The van der Waals surface area contributed by atoms with Crippen LogP contribution in [0.25, 0.3) is 6.08 Å². The predicted octanol–water partition coefficient (Wildman–Crippen LogP) is 5.68. The summed E-state index contributed by atoms with van der Waals surface area (Å²) >= 11 is -3.63. The zero-order valence-corrected chi connectivity index (χ0v) is 17.3. The summed E-state index contributed by atoms with van der Waals surface area (Å²) in [5.74, 6) is 0. The van der Waals surface area contributed by atoms with E-state index in [4.69, 9.17) is 27.9 Å². The van der Waals surface area contributed by atoms with Gasteiger partial charge in [0.15, 0.2) is 0 Å². The van der Waals surface area contributed by atoms with Gasteiger partial charge >= 0.3 is 149 Å². The van der Waals surface area contributed by atoms with Crippen molar-refractivity contribution in [2.24, 2.45) is 0 Å². The van der Waals surface area contributed by atoms with E-state index in [1.807, 2.05) is 12.1 Å².